The van der Waals surface area contributed by atoms with Gasteiger partial charge in [0.05, 0.1) is 5.56 Å². The molecule has 0 spiro atoms. The Hall–Kier alpha value is -1.82. The monoisotopic (exact) mass is 278 g/mol. The number of benzene rings is 1. The smallest absolute Gasteiger partial charge is 0.166 e. The molecule has 3 rings (SSSR count). The first-order valence-electron chi connectivity index (χ1n) is 6.68. The molecule has 0 fully saturated rings. The van der Waals surface area contributed by atoms with Gasteiger partial charge in [0.2, 0.25) is 0 Å². The minimum absolute atomic E-state index is 0.292. The lowest BCUT2D eigenvalue weighted by molar-refractivity contribution is 0.375. The van der Waals surface area contributed by atoms with Crippen molar-refractivity contribution < 1.29 is 8.78 Å². The molecular formula is C14H16F2N4. The molecule has 1 aromatic carbocycles. The lowest BCUT2D eigenvalue weighted by Crippen LogP contribution is -2.26. The van der Waals surface area contributed by atoms with Crippen LogP contribution in [0.4, 0.5) is 8.78 Å². The number of fused-ring (bicyclic) bond motifs is 1. The molecule has 0 saturated heterocycles. The van der Waals surface area contributed by atoms with Gasteiger partial charge in [0.1, 0.15) is 17.5 Å². The Morgan fingerprint density at radius 2 is 2.10 bits per heavy atom. The van der Waals surface area contributed by atoms with E-state index in [0.29, 0.717) is 36.0 Å². The average molecular weight is 278 g/mol. The predicted molar refractivity (Wildman–Crippen MR) is 71.0 cm³/mol. The van der Waals surface area contributed by atoms with E-state index in [-0.39, 0.29) is 0 Å². The molecule has 1 aliphatic heterocycles. The van der Waals surface area contributed by atoms with E-state index in [2.05, 4.69) is 10.2 Å². The van der Waals surface area contributed by atoms with Gasteiger partial charge in [0.15, 0.2) is 5.82 Å². The van der Waals surface area contributed by atoms with Gasteiger partial charge in [-0.25, -0.2) is 8.78 Å². The van der Waals surface area contributed by atoms with Crippen LogP contribution in [-0.2, 0) is 13.0 Å². The van der Waals surface area contributed by atoms with Gasteiger partial charge in [-0.1, -0.05) is 0 Å². The van der Waals surface area contributed by atoms with Crippen LogP contribution in [0.1, 0.15) is 17.8 Å². The fourth-order valence-electron chi connectivity index (χ4n) is 2.62. The molecule has 6 heteroatoms. The van der Waals surface area contributed by atoms with Crippen LogP contribution in [0.3, 0.4) is 0 Å². The van der Waals surface area contributed by atoms with Crippen LogP contribution in [0.2, 0.25) is 0 Å². The highest BCUT2D eigenvalue weighted by Crippen LogP contribution is 2.28. The molecule has 0 bridgehead atoms. The summed E-state index contributed by atoms with van der Waals surface area (Å²) in [6.07, 6.45) is 1.76. The molecule has 1 aromatic heterocycles. The quantitative estimate of drug-likeness (QED) is 0.914. The van der Waals surface area contributed by atoms with Crippen molar-refractivity contribution in [3.63, 3.8) is 0 Å². The molecule has 2 N–H and O–H groups in total. The van der Waals surface area contributed by atoms with Crippen molar-refractivity contribution in [2.45, 2.75) is 26.3 Å². The molecule has 106 valence electrons. The maximum atomic E-state index is 14.0. The maximum Gasteiger partial charge on any atom is 0.166 e. The van der Waals surface area contributed by atoms with E-state index in [1.165, 1.54) is 6.07 Å². The highest BCUT2D eigenvalue weighted by Gasteiger charge is 2.24. The third-order valence-electron chi connectivity index (χ3n) is 3.87. The third kappa shape index (κ3) is 2.10. The Kier molecular flexibility index (Phi) is 3.25. The number of hydrogen-bond donors (Lipinski definition) is 1. The number of aromatic nitrogens is 3. The zero-order valence-electron chi connectivity index (χ0n) is 11.2. The average Bonchev–Trinajstić information content (AvgIpc) is 2.85. The predicted octanol–water partition coefficient (Wildman–Crippen LogP) is 2.05. The van der Waals surface area contributed by atoms with E-state index < -0.39 is 11.6 Å². The molecule has 0 amide bonds. The molecule has 2 aromatic rings. The Labute approximate surface area is 115 Å². The number of aryl methyl sites for hydroxylation is 2. The van der Waals surface area contributed by atoms with Gasteiger partial charge in [0.25, 0.3) is 0 Å². The summed E-state index contributed by atoms with van der Waals surface area (Å²) in [7, 11) is 0. The molecule has 1 aliphatic rings. The topological polar surface area (TPSA) is 56.7 Å². The van der Waals surface area contributed by atoms with Gasteiger partial charge in [-0.3, -0.25) is 0 Å². The standard InChI is InChI=1S/C14H16F2N4/c1-8-4-10(12(16)5-11(8)15)14-19-18-13-3-2-9(6-17)7-20(13)14/h4-5,9H,2-3,6-7,17H2,1H3. The van der Waals surface area contributed by atoms with Crippen LogP contribution in [0, 0.1) is 24.5 Å². The van der Waals surface area contributed by atoms with E-state index in [9.17, 15) is 8.78 Å². The van der Waals surface area contributed by atoms with Crippen molar-refractivity contribution in [1.29, 1.82) is 0 Å². The van der Waals surface area contributed by atoms with Crippen LogP contribution < -0.4 is 5.73 Å². The Morgan fingerprint density at radius 3 is 2.85 bits per heavy atom. The summed E-state index contributed by atoms with van der Waals surface area (Å²) < 4.78 is 29.3. The molecule has 2 heterocycles. The van der Waals surface area contributed by atoms with E-state index >= 15 is 0 Å². The summed E-state index contributed by atoms with van der Waals surface area (Å²) in [4.78, 5) is 0. The molecular weight excluding hydrogens is 262 g/mol. The first kappa shape index (κ1) is 13.2. The summed E-state index contributed by atoms with van der Waals surface area (Å²) in [6, 6.07) is 2.38. The lowest BCUT2D eigenvalue weighted by Gasteiger charge is -2.23. The molecule has 4 nitrogen and oxygen atoms in total. The van der Waals surface area contributed by atoms with E-state index in [0.717, 1.165) is 24.7 Å². The minimum atomic E-state index is -0.613. The zero-order chi connectivity index (χ0) is 14.3. The van der Waals surface area contributed by atoms with Crippen molar-refractivity contribution in [2.24, 2.45) is 11.7 Å². The van der Waals surface area contributed by atoms with Gasteiger partial charge < -0.3 is 10.3 Å². The van der Waals surface area contributed by atoms with Crippen LogP contribution in [0.5, 0.6) is 0 Å². The number of hydrogen-bond acceptors (Lipinski definition) is 3. The first-order chi connectivity index (χ1) is 9.60. The maximum absolute atomic E-state index is 14.0. The normalized spacial score (nSPS) is 18.1. The number of nitrogens with zero attached hydrogens (tertiary/aromatic N) is 3. The fourth-order valence-corrected chi connectivity index (χ4v) is 2.62. The van der Waals surface area contributed by atoms with Gasteiger partial charge in [-0.05, 0) is 37.4 Å². The second-order valence-electron chi connectivity index (χ2n) is 5.27. The van der Waals surface area contributed by atoms with Crippen molar-refractivity contribution >= 4 is 0 Å². The van der Waals surface area contributed by atoms with E-state index in [1.54, 1.807) is 6.92 Å². The van der Waals surface area contributed by atoms with Crippen molar-refractivity contribution in [3.05, 3.63) is 35.2 Å². The third-order valence-corrected chi connectivity index (χ3v) is 3.87. The highest BCUT2D eigenvalue weighted by molar-refractivity contribution is 5.58. The van der Waals surface area contributed by atoms with Gasteiger partial charge >= 0.3 is 0 Å². The second kappa shape index (κ2) is 4.94. The van der Waals surface area contributed by atoms with Gasteiger partial charge in [-0.15, -0.1) is 10.2 Å². The van der Waals surface area contributed by atoms with Crippen LogP contribution in [0.25, 0.3) is 11.4 Å². The minimum Gasteiger partial charge on any atom is -0.330 e. The summed E-state index contributed by atoms with van der Waals surface area (Å²) in [6.45, 7) is 2.88. The Balaban J connectivity index is 2.08. The Bertz CT molecular complexity index is 651. The molecule has 1 unspecified atom stereocenters. The summed E-state index contributed by atoms with van der Waals surface area (Å²) in [5.41, 5.74) is 6.40. The summed E-state index contributed by atoms with van der Waals surface area (Å²) in [5.74, 6) is 0.481. The second-order valence-corrected chi connectivity index (χ2v) is 5.27. The van der Waals surface area contributed by atoms with Crippen molar-refractivity contribution in [1.82, 2.24) is 14.8 Å². The molecule has 20 heavy (non-hydrogen) atoms. The zero-order valence-corrected chi connectivity index (χ0v) is 11.2. The van der Waals surface area contributed by atoms with Gasteiger partial charge in [0, 0.05) is 19.0 Å². The van der Waals surface area contributed by atoms with E-state index in [4.69, 9.17) is 5.73 Å². The fraction of sp³-hybridized carbons (Fsp3) is 0.429. The summed E-state index contributed by atoms with van der Waals surface area (Å²) >= 11 is 0. The van der Waals surface area contributed by atoms with Crippen LogP contribution >= 0.6 is 0 Å². The number of rotatable bonds is 2. The molecule has 0 saturated carbocycles. The number of halogens is 2. The highest BCUT2D eigenvalue weighted by atomic mass is 19.1. The van der Waals surface area contributed by atoms with Crippen LogP contribution in [0.15, 0.2) is 12.1 Å². The van der Waals surface area contributed by atoms with Crippen molar-refractivity contribution in [2.75, 3.05) is 6.54 Å². The molecule has 0 aliphatic carbocycles. The van der Waals surface area contributed by atoms with Crippen LogP contribution in [-0.4, -0.2) is 21.3 Å². The first-order valence-corrected chi connectivity index (χ1v) is 6.68. The Morgan fingerprint density at radius 1 is 1.30 bits per heavy atom. The number of nitrogens with two attached hydrogens (primary N) is 1. The van der Waals surface area contributed by atoms with E-state index in [1.807, 2.05) is 4.57 Å². The lowest BCUT2D eigenvalue weighted by atomic mass is 9.99. The molecule has 1 atom stereocenters. The summed E-state index contributed by atoms with van der Waals surface area (Å²) in [5, 5.41) is 8.18. The largest absolute Gasteiger partial charge is 0.330 e. The van der Waals surface area contributed by atoms with Gasteiger partial charge in [-0.2, -0.15) is 0 Å². The van der Waals surface area contributed by atoms with Crippen molar-refractivity contribution in [3.8, 4) is 11.4 Å². The molecule has 0 radical (unpaired) electrons. The SMILES string of the molecule is Cc1cc(-c2nnc3n2CC(CN)CC3)c(F)cc1F.